The zero-order chi connectivity index (χ0) is 14.7. The highest BCUT2D eigenvalue weighted by Crippen LogP contribution is 2.18. The number of aromatic nitrogens is 3. The van der Waals surface area contributed by atoms with Crippen LogP contribution < -0.4 is 15.4 Å². The van der Waals surface area contributed by atoms with Gasteiger partial charge in [-0.1, -0.05) is 0 Å². The summed E-state index contributed by atoms with van der Waals surface area (Å²) in [6.07, 6.45) is 0. The first-order valence-electron chi connectivity index (χ1n) is 6.85. The maximum Gasteiger partial charge on any atom is 0.191 e. The number of hydrogen-bond donors (Lipinski definition) is 3. The first-order chi connectivity index (χ1) is 10.2. The van der Waals surface area contributed by atoms with Gasteiger partial charge in [-0.05, 0) is 31.2 Å². The number of methoxy groups -OCH3 is 1. The first-order valence-corrected chi connectivity index (χ1v) is 6.85. The Hall–Kier alpha value is -2.57. The predicted octanol–water partition coefficient (Wildman–Crippen LogP) is 0.918. The number of guanidine groups is 1. The number of nitrogens with zero attached hydrogens (tertiary/aromatic N) is 3. The highest BCUT2D eigenvalue weighted by molar-refractivity contribution is 5.81. The predicted molar refractivity (Wildman–Crippen MR) is 80.1 cm³/mol. The van der Waals surface area contributed by atoms with Gasteiger partial charge in [0.25, 0.3) is 0 Å². The van der Waals surface area contributed by atoms with Gasteiger partial charge >= 0.3 is 0 Å². The van der Waals surface area contributed by atoms with Crippen LogP contribution in [0, 0.1) is 0 Å². The molecule has 0 aliphatic carbocycles. The number of nitrogens with one attached hydrogen (secondary N) is 3. The fourth-order valence-corrected chi connectivity index (χ4v) is 2.07. The minimum Gasteiger partial charge on any atom is -0.497 e. The van der Waals surface area contributed by atoms with Crippen LogP contribution in [0.2, 0.25) is 0 Å². The molecule has 2 heterocycles. The third kappa shape index (κ3) is 3.13. The van der Waals surface area contributed by atoms with Gasteiger partial charge in [0.1, 0.15) is 11.6 Å². The van der Waals surface area contributed by atoms with Crippen molar-refractivity contribution in [3.05, 3.63) is 30.1 Å². The lowest BCUT2D eigenvalue weighted by molar-refractivity contribution is 0.415. The van der Waals surface area contributed by atoms with Crippen molar-refractivity contribution in [2.75, 3.05) is 13.7 Å². The number of H-pyrrole nitrogens is 1. The van der Waals surface area contributed by atoms with E-state index in [1.807, 2.05) is 24.3 Å². The van der Waals surface area contributed by atoms with Gasteiger partial charge in [-0.25, -0.2) is 4.98 Å². The Balaban J connectivity index is 1.62. The van der Waals surface area contributed by atoms with Crippen molar-refractivity contribution < 1.29 is 4.74 Å². The summed E-state index contributed by atoms with van der Waals surface area (Å²) in [5.41, 5.74) is 0.947. The monoisotopic (exact) mass is 286 g/mol. The fraction of sp³-hybridized carbons (Fsp3) is 0.357. The maximum absolute atomic E-state index is 5.14. The van der Waals surface area contributed by atoms with E-state index >= 15 is 0 Å². The van der Waals surface area contributed by atoms with E-state index in [-0.39, 0.29) is 0 Å². The molecular formula is C14H18N6O. The molecule has 1 aliphatic heterocycles. The summed E-state index contributed by atoms with van der Waals surface area (Å²) in [6, 6.07) is 8.04. The largest absolute Gasteiger partial charge is 0.497 e. The van der Waals surface area contributed by atoms with Crippen LogP contribution >= 0.6 is 0 Å². The van der Waals surface area contributed by atoms with Crippen molar-refractivity contribution in [1.82, 2.24) is 25.8 Å². The summed E-state index contributed by atoms with van der Waals surface area (Å²) in [4.78, 5) is 8.80. The number of aliphatic imine (C=N–C) groups is 1. The quantitative estimate of drug-likeness (QED) is 0.778. The minimum absolute atomic E-state index is 0.386. The Kier molecular flexibility index (Phi) is 3.72. The summed E-state index contributed by atoms with van der Waals surface area (Å²) in [7, 11) is 1.65. The van der Waals surface area contributed by atoms with Gasteiger partial charge in [0, 0.05) is 11.6 Å². The summed E-state index contributed by atoms with van der Waals surface area (Å²) >= 11 is 0. The Bertz CT molecular complexity index is 633. The molecule has 0 amide bonds. The van der Waals surface area contributed by atoms with E-state index in [1.54, 1.807) is 7.11 Å². The molecule has 21 heavy (non-hydrogen) atoms. The number of hydrogen-bond acceptors (Lipinski definition) is 6. The van der Waals surface area contributed by atoms with Gasteiger partial charge in [-0.3, -0.25) is 10.1 Å². The highest BCUT2D eigenvalue weighted by Gasteiger charge is 2.12. The van der Waals surface area contributed by atoms with Crippen molar-refractivity contribution >= 4 is 5.96 Å². The van der Waals surface area contributed by atoms with Gasteiger partial charge < -0.3 is 15.4 Å². The summed E-state index contributed by atoms with van der Waals surface area (Å²) in [6.45, 7) is 3.45. The van der Waals surface area contributed by atoms with Crippen molar-refractivity contribution in [3.8, 4) is 17.1 Å². The molecule has 1 aromatic carbocycles. The van der Waals surface area contributed by atoms with E-state index in [2.05, 4.69) is 37.7 Å². The Labute approximate surface area is 122 Å². The second-order valence-electron chi connectivity index (χ2n) is 4.92. The van der Waals surface area contributed by atoms with Gasteiger partial charge in [0.2, 0.25) is 0 Å². The molecular weight excluding hydrogens is 268 g/mol. The number of rotatable bonds is 4. The molecule has 7 nitrogen and oxygen atoms in total. The molecule has 110 valence electrons. The molecule has 3 rings (SSSR count). The SMILES string of the molecule is COc1ccc(-c2n[nH]c(CNC3=NCC(C)N3)n2)cc1. The molecule has 0 bridgehead atoms. The summed E-state index contributed by atoms with van der Waals surface area (Å²) in [5, 5.41) is 13.6. The molecule has 7 heteroatoms. The second-order valence-corrected chi connectivity index (χ2v) is 4.92. The van der Waals surface area contributed by atoms with Crippen LogP contribution in [0.15, 0.2) is 29.3 Å². The standard InChI is InChI=1S/C14H18N6O/c1-9-7-15-14(17-9)16-8-12-18-13(20-19-12)10-3-5-11(21-2)6-4-10/h3-6,9H,7-8H2,1-2H3,(H2,15,16,17)(H,18,19,20). The number of aromatic amines is 1. The zero-order valence-electron chi connectivity index (χ0n) is 12.1. The first kappa shape index (κ1) is 13.4. The van der Waals surface area contributed by atoms with E-state index in [0.29, 0.717) is 18.4 Å². The fourth-order valence-electron chi connectivity index (χ4n) is 2.07. The van der Waals surface area contributed by atoms with E-state index in [9.17, 15) is 0 Å². The highest BCUT2D eigenvalue weighted by atomic mass is 16.5. The minimum atomic E-state index is 0.386. The molecule has 0 fully saturated rings. The third-order valence-electron chi connectivity index (χ3n) is 3.21. The van der Waals surface area contributed by atoms with Crippen molar-refractivity contribution in [2.45, 2.75) is 19.5 Å². The molecule has 1 aromatic heterocycles. The average molecular weight is 286 g/mol. The number of ether oxygens (including phenoxy) is 1. The van der Waals surface area contributed by atoms with E-state index in [4.69, 9.17) is 4.74 Å². The molecule has 0 saturated carbocycles. The van der Waals surface area contributed by atoms with E-state index in [1.165, 1.54) is 0 Å². The second kappa shape index (κ2) is 5.82. The number of benzene rings is 1. The Morgan fingerprint density at radius 1 is 1.33 bits per heavy atom. The van der Waals surface area contributed by atoms with Crippen LogP contribution in [0.4, 0.5) is 0 Å². The van der Waals surface area contributed by atoms with Gasteiger partial charge in [-0.15, -0.1) is 0 Å². The third-order valence-corrected chi connectivity index (χ3v) is 3.21. The Morgan fingerprint density at radius 3 is 2.81 bits per heavy atom. The van der Waals surface area contributed by atoms with Gasteiger partial charge in [0.15, 0.2) is 11.8 Å². The lowest BCUT2D eigenvalue weighted by Gasteiger charge is -2.06. The van der Waals surface area contributed by atoms with Crippen LogP contribution in [-0.4, -0.2) is 40.8 Å². The smallest absolute Gasteiger partial charge is 0.191 e. The van der Waals surface area contributed by atoms with Crippen LogP contribution in [-0.2, 0) is 6.54 Å². The molecule has 2 aromatic rings. The molecule has 1 atom stereocenters. The molecule has 1 aliphatic rings. The lowest BCUT2D eigenvalue weighted by Crippen LogP contribution is -2.37. The van der Waals surface area contributed by atoms with Crippen molar-refractivity contribution in [1.29, 1.82) is 0 Å². The van der Waals surface area contributed by atoms with Crippen molar-refractivity contribution in [2.24, 2.45) is 4.99 Å². The molecule has 3 N–H and O–H groups in total. The summed E-state index contributed by atoms with van der Waals surface area (Å²) in [5.74, 6) is 3.06. The zero-order valence-corrected chi connectivity index (χ0v) is 12.1. The molecule has 0 radical (unpaired) electrons. The van der Waals surface area contributed by atoms with Crippen LogP contribution in [0.3, 0.4) is 0 Å². The van der Waals surface area contributed by atoms with Crippen molar-refractivity contribution in [3.63, 3.8) is 0 Å². The maximum atomic E-state index is 5.14. The average Bonchev–Trinajstić information content (AvgIpc) is 3.14. The Morgan fingerprint density at radius 2 is 2.14 bits per heavy atom. The normalized spacial score (nSPS) is 17.2. The van der Waals surface area contributed by atoms with Gasteiger partial charge in [0.05, 0.1) is 20.2 Å². The molecule has 0 saturated heterocycles. The summed E-state index contributed by atoms with van der Waals surface area (Å²) < 4.78 is 5.14. The van der Waals surface area contributed by atoms with Gasteiger partial charge in [-0.2, -0.15) is 5.10 Å². The lowest BCUT2D eigenvalue weighted by atomic mass is 10.2. The topological polar surface area (TPSA) is 87.2 Å². The van der Waals surface area contributed by atoms with Crippen LogP contribution in [0.5, 0.6) is 5.75 Å². The molecule has 1 unspecified atom stereocenters. The molecule has 0 spiro atoms. The van der Waals surface area contributed by atoms with E-state index < -0.39 is 0 Å². The van der Waals surface area contributed by atoms with E-state index in [0.717, 1.165) is 29.6 Å². The van der Waals surface area contributed by atoms with Crippen LogP contribution in [0.25, 0.3) is 11.4 Å². The van der Waals surface area contributed by atoms with Crippen LogP contribution in [0.1, 0.15) is 12.7 Å².